The van der Waals surface area contributed by atoms with Gasteiger partial charge in [-0.2, -0.15) is 0 Å². The Labute approximate surface area is 202 Å². The monoisotopic (exact) mass is 542 g/mol. The highest BCUT2D eigenvalue weighted by Crippen LogP contribution is 2.19. The van der Waals surface area contributed by atoms with Crippen LogP contribution in [0, 0.1) is 12.8 Å². The lowest BCUT2D eigenvalue weighted by Crippen LogP contribution is -2.38. The van der Waals surface area contributed by atoms with Gasteiger partial charge >= 0.3 is 0 Å². The fourth-order valence-corrected chi connectivity index (χ4v) is 3.22. The quantitative estimate of drug-likeness (QED) is 0.195. The van der Waals surface area contributed by atoms with Crippen LogP contribution in [0.2, 0.25) is 0 Å². The summed E-state index contributed by atoms with van der Waals surface area (Å²) in [6.45, 7) is 9.68. The third-order valence-electron chi connectivity index (χ3n) is 4.96. The molecule has 1 fully saturated rings. The molecule has 1 atom stereocenters. The molecule has 1 unspecified atom stereocenters. The number of rotatable bonds is 11. The van der Waals surface area contributed by atoms with Gasteiger partial charge in [-0.05, 0) is 38.8 Å². The van der Waals surface area contributed by atoms with Crippen LogP contribution in [0.1, 0.15) is 31.0 Å². The van der Waals surface area contributed by atoms with E-state index in [1.807, 2.05) is 12.1 Å². The summed E-state index contributed by atoms with van der Waals surface area (Å²) >= 11 is 0. The molecule has 1 aromatic heterocycles. The van der Waals surface area contributed by atoms with Crippen LogP contribution >= 0.6 is 24.0 Å². The van der Waals surface area contributed by atoms with Crippen molar-refractivity contribution in [1.29, 1.82) is 0 Å². The lowest BCUT2D eigenvalue weighted by Gasteiger charge is -2.11. The van der Waals surface area contributed by atoms with E-state index < -0.39 is 0 Å². The number of hydrogen-bond acceptors (Lipinski definition) is 5. The zero-order valence-electron chi connectivity index (χ0n) is 18.6. The average molecular weight is 542 g/mol. The van der Waals surface area contributed by atoms with Crippen LogP contribution < -0.4 is 10.6 Å². The van der Waals surface area contributed by atoms with E-state index in [4.69, 9.17) is 13.9 Å². The van der Waals surface area contributed by atoms with E-state index >= 15 is 0 Å². The number of oxazole rings is 1. The van der Waals surface area contributed by atoms with Crippen molar-refractivity contribution in [2.45, 2.75) is 33.1 Å². The molecular weight excluding hydrogens is 507 g/mol. The van der Waals surface area contributed by atoms with Crippen LogP contribution in [0.4, 0.5) is 0 Å². The number of aliphatic imine (C=N–C) groups is 1. The Morgan fingerprint density at radius 3 is 2.84 bits per heavy atom. The molecule has 0 amide bonds. The van der Waals surface area contributed by atoms with Crippen molar-refractivity contribution < 1.29 is 13.9 Å². The van der Waals surface area contributed by atoms with Crippen molar-refractivity contribution in [2.24, 2.45) is 10.9 Å². The molecule has 0 aliphatic carbocycles. The van der Waals surface area contributed by atoms with Gasteiger partial charge in [-0.3, -0.25) is 4.99 Å². The Morgan fingerprint density at radius 1 is 1.26 bits per heavy atom. The molecule has 7 nitrogen and oxygen atoms in total. The lowest BCUT2D eigenvalue weighted by atomic mass is 10.1. The summed E-state index contributed by atoms with van der Waals surface area (Å²) in [6, 6.07) is 8.19. The van der Waals surface area contributed by atoms with E-state index in [1.165, 1.54) is 5.56 Å². The number of halogens is 1. The van der Waals surface area contributed by atoms with Gasteiger partial charge in [0.05, 0.1) is 18.9 Å². The van der Waals surface area contributed by atoms with Gasteiger partial charge in [0.25, 0.3) is 0 Å². The van der Waals surface area contributed by atoms with Gasteiger partial charge in [0.15, 0.2) is 5.96 Å². The largest absolute Gasteiger partial charge is 0.444 e. The number of nitrogens with one attached hydrogen (secondary N) is 2. The smallest absolute Gasteiger partial charge is 0.226 e. The first kappa shape index (κ1) is 25.6. The molecular formula is C23H35IN4O3. The molecule has 0 radical (unpaired) electrons. The summed E-state index contributed by atoms with van der Waals surface area (Å²) in [4.78, 5) is 9.21. The molecule has 0 bridgehead atoms. The number of hydrogen-bond donors (Lipinski definition) is 2. The van der Waals surface area contributed by atoms with Crippen LogP contribution in [-0.4, -0.2) is 57.0 Å². The first-order chi connectivity index (χ1) is 14.7. The normalized spacial score (nSPS) is 16.2. The fraction of sp³-hybridized carbons (Fsp3) is 0.565. The molecule has 1 saturated heterocycles. The maximum Gasteiger partial charge on any atom is 0.226 e. The molecule has 31 heavy (non-hydrogen) atoms. The van der Waals surface area contributed by atoms with Crippen LogP contribution in [0.3, 0.4) is 0 Å². The zero-order valence-corrected chi connectivity index (χ0v) is 20.9. The van der Waals surface area contributed by atoms with Gasteiger partial charge in [-0.25, -0.2) is 4.98 Å². The standard InChI is InChI=1S/C23H34N4O3.HI/c1-3-24-23(25-11-4-13-28-15-19-10-14-29-16-19)26-12-9-21-17-30-22(27-21)20-7-5-18(2)6-8-20;/h5-8,17,19H,3-4,9-16H2,1-2H3,(H2,24,25,26);1H. The number of aryl methyl sites for hydroxylation is 1. The molecule has 8 heteroatoms. The predicted octanol–water partition coefficient (Wildman–Crippen LogP) is 3.81. The van der Waals surface area contributed by atoms with Crippen molar-refractivity contribution in [3.05, 3.63) is 41.8 Å². The molecule has 1 aromatic carbocycles. The highest BCUT2D eigenvalue weighted by atomic mass is 127. The number of nitrogens with zero attached hydrogens (tertiary/aromatic N) is 2. The SMILES string of the molecule is CCNC(=NCCCOCC1CCOC1)NCCc1coc(-c2ccc(C)cc2)n1.I. The van der Waals surface area contributed by atoms with Crippen LogP contribution in [0.25, 0.3) is 11.5 Å². The van der Waals surface area contributed by atoms with E-state index in [0.717, 1.165) is 82.5 Å². The Hall–Kier alpha value is -1.65. The Morgan fingerprint density at radius 2 is 2.10 bits per heavy atom. The minimum atomic E-state index is 0. The minimum absolute atomic E-state index is 0. The number of benzene rings is 1. The summed E-state index contributed by atoms with van der Waals surface area (Å²) in [5.41, 5.74) is 3.15. The van der Waals surface area contributed by atoms with Crippen LogP contribution in [-0.2, 0) is 15.9 Å². The first-order valence-electron chi connectivity index (χ1n) is 10.9. The summed E-state index contributed by atoms with van der Waals surface area (Å²) in [5, 5.41) is 6.64. The van der Waals surface area contributed by atoms with Gasteiger partial charge in [0.1, 0.15) is 6.26 Å². The molecule has 0 spiro atoms. The van der Waals surface area contributed by atoms with E-state index in [2.05, 4.69) is 46.6 Å². The maximum atomic E-state index is 5.73. The van der Waals surface area contributed by atoms with Crippen molar-refractivity contribution in [3.63, 3.8) is 0 Å². The summed E-state index contributed by atoms with van der Waals surface area (Å²) < 4.78 is 16.7. The Bertz CT molecular complexity index is 773. The molecule has 2 N–H and O–H groups in total. The van der Waals surface area contributed by atoms with E-state index in [0.29, 0.717) is 11.8 Å². The van der Waals surface area contributed by atoms with Crippen LogP contribution in [0.15, 0.2) is 39.9 Å². The van der Waals surface area contributed by atoms with Gasteiger partial charge in [-0.1, -0.05) is 17.7 Å². The molecule has 3 rings (SSSR count). The third kappa shape index (κ3) is 9.16. The van der Waals surface area contributed by atoms with E-state index in [9.17, 15) is 0 Å². The lowest BCUT2D eigenvalue weighted by molar-refractivity contribution is 0.0893. The van der Waals surface area contributed by atoms with Crippen molar-refractivity contribution in [2.75, 3.05) is 46.1 Å². The van der Waals surface area contributed by atoms with Gasteiger partial charge in [0.2, 0.25) is 5.89 Å². The number of guanidine groups is 1. The first-order valence-corrected chi connectivity index (χ1v) is 10.9. The van der Waals surface area contributed by atoms with Crippen molar-refractivity contribution in [1.82, 2.24) is 15.6 Å². The number of ether oxygens (including phenoxy) is 2. The predicted molar refractivity (Wildman–Crippen MR) is 134 cm³/mol. The second-order valence-corrected chi connectivity index (χ2v) is 7.61. The Balaban J connectivity index is 0.00000341. The highest BCUT2D eigenvalue weighted by molar-refractivity contribution is 14.0. The minimum Gasteiger partial charge on any atom is -0.444 e. The second-order valence-electron chi connectivity index (χ2n) is 7.61. The molecule has 2 aromatic rings. The summed E-state index contributed by atoms with van der Waals surface area (Å²) in [6.07, 6.45) is 4.53. The van der Waals surface area contributed by atoms with Crippen molar-refractivity contribution in [3.8, 4) is 11.5 Å². The summed E-state index contributed by atoms with van der Waals surface area (Å²) in [5.74, 6) is 2.05. The molecule has 172 valence electrons. The Kier molecular flexibility index (Phi) is 11.9. The number of aromatic nitrogens is 1. The average Bonchev–Trinajstić information content (AvgIpc) is 3.43. The fourth-order valence-electron chi connectivity index (χ4n) is 3.22. The van der Waals surface area contributed by atoms with E-state index in [1.54, 1.807) is 6.26 Å². The summed E-state index contributed by atoms with van der Waals surface area (Å²) in [7, 11) is 0. The molecule has 2 heterocycles. The van der Waals surface area contributed by atoms with Gasteiger partial charge < -0.3 is 24.5 Å². The van der Waals surface area contributed by atoms with Crippen LogP contribution in [0.5, 0.6) is 0 Å². The van der Waals surface area contributed by atoms with Gasteiger partial charge in [-0.15, -0.1) is 24.0 Å². The maximum absolute atomic E-state index is 5.73. The van der Waals surface area contributed by atoms with Crippen molar-refractivity contribution >= 4 is 29.9 Å². The molecule has 1 aliphatic heterocycles. The third-order valence-corrected chi connectivity index (χ3v) is 4.96. The molecule has 1 aliphatic rings. The van der Waals surface area contributed by atoms with E-state index in [-0.39, 0.29) is 24.0 Å². The van der Waals surface area contributed by atoms with Gasteiger partial charge in [0, 0.05) is 50.8 Å². The second kappa shape index (κ2) is 14.4. The zero-order chi connectivity index (χ0) is 21.0. The topological polar surface area (TPSA) is 80.9 Å². The highest BCUT2D eigenvalue weighted by Gasteiger charge is 2.15. The molecule has 0 saturated carbocycles.